The van der Waals surface area contributed by atoms with Gasteiger partial charge in [0.1, 0.15) is 17.4 Å². The van der Waals surface area contributed by atoms with Crippen LogP contribution in [0.4, 0.5) is 0 Å². The summed E-state index contributed by atoms with van der Waals surface area (Å²) in [6.07, 6.45) is 0.245. The van der Waals surface area contributed by atoms with Gasteiger partial charge in [0, 0.05) is 0 Å². The van der Waals surface area contributed by atoms with E-state index in [0.29, 0.717) is 0 Å². The first kappa shape index (κ1) is 12.8. The van der Waals surface area contributed by atoms with Crippen LogP contribution in [0.25, 0.3) is 0 Å². The van der Waals surface area contributed by atoms with E-state index in [2.05, 4.69) is 9.22 Å². The Labute approximate surface area is 94.8 Å². The summed E-state index contributed by atoms with van der Waals surface area (Å²) in [5.74, 6) is -0.937. The molecule has 0 aromatic heterocycles. The van der Waals surface area contributed by atoms with Gasteiger partial charge in [-0.1, -0.05) is 34.7 Å². The Morgan fingerprint density at radius 3 is 2.62 bits per heavy atom. The van der Waals surface area contributed by atoms with Crippen molar-refractivity contribution in [2.24, 2.45) is 5.73 Å². The molecular weight excluding hydrogens is 234 g/mol. The maximum atomic E-state index is 11.1. The van der Waals surface area contributed by atoms with Gasteiger partial charge in [-0.25, -0.2) is 9.00 Å². The van der Waals surface area contributed by atoms with E-state index in [-0.39, 0.29) is 6.42 Å². The number of hydrogen-bond acceptors (Lipinski definition) is 6. The van der Waals surface area contributed by atoms with E-state index >= 15 is 0 Å². The van der Waals surface area contributed by atoms with Crippen LogP contribution < -0.4 is 5.73 Å². The molecule has 0 fully saturated rings. The molecule has 0 aliphatic rings. The minimum Gasteiger partial charge on any atom is -0.747 e. The number of carbonyl (C=O) groups excluding carboxylic acids is 1. The molecule has 7 heteroatoms. The van der Waals surface area contributed by atoms with E-state index < -0.39 is 23.4 Å². The normalized spacial score (nSPS) is 14.1. The van der Waals surface area contributed by atoms with E-state index in [9.17, 15) is 13.6 Å². The molecule has 2 unspecified atom stereocenters. The first-order valence-corrected chi connectivity index (χ1v) is 5.37. The fourth-order valence-corrected chi connectivity index (χ4v) is 1.20. The molecule has 88 valence electrons. The Morgan fingerprint density at radius 1 is 1.44 bits per heavy atom. The van der Waals surface area contributed by atoms with Gasteiger partial charge in [0.25, 0.3) is 0 Å². The summed E-state index contributed by atoms with van der Waals surface area (Å²) in [5, 5.41) is 0. The summed E-state index contributed by atoms with van der Waals surface area (Å²) in [4.78, 5) is 15.1. The van der Waals surface area contributed by atoms with E-state index in [1.807, 2.05) is 6.07 Å². The fraction of sp³-hybridized carbons (Fsp3) is 0.222. The molecule has 16 heavy (non-hydrogen) atoms. The van der Waals surface area contributed by atoms with Crippen molar-refractivity contribution >= 4 is 17.3 Å². The van der Waals surface area contributed by atoms with Crippen molar-refractivity contribution in [3.63, 3.8) is 0 Å². The van der Waals surface area contributed by atoms with Crippen LogP contribution >= 0.6 is 0 Å². The number of rotatable bonds is 5. The van der Waals surface area contributed by atoms with Crippen molar-refractivity contribution < 1.29 is 22.8 Å². The molecule has 0 aliphatic carbocycles. The summed E-state index contributed by atoms with van der Waals surface area (Å²) in [6, 6.07) is 8.05. The van der Waals surface area contributed by atoms with Crippen LogP contribution in [0.1, 0.15) is 5.56 Å². The molecule has 0 radical (unpaired) electrons. The quantitative estimate of drug-likeness (QED) is 0.438. The van der Waals surface area contributed by atoms with Crippen LogP contribution in [-0.4, -0.2) is 20.8 Å². The summed E-state index contributed by atoms with van der Waals surface area (Å²) in [6.45, 7) is 0. The number of nitrogens with two attached hydrogens (primary N) is 1. The van der Waals surface area contributed by atoms with Gasteiger partial charge in [0.2, 0.25) is 0 Å². The molecule has 0 amide bonds. The van der Waals surface area contributed by atoms with Crippen molar-refractivity contribution in [3.05, 3.63) is 35.9 Å². The van der Waals surface area contributed by atoms with Crippen molar-refractivity contribution in [2.75, 3.05) is 0 Å². The SMILES string of the molecule is NC(Cc1ccccc1)C(=O)OOS(=O)[O-]. The maximum Gasteiger partial charge on any atom is 0.360 e. The summed E-state index contributed by atoms with van der Waals surface area (Å²) in [7, 11) is 0. The third-order valence-corrected chi connectivity index (χ3v) is 1.95. The molecule has 0 heterocycles. The van der Waals surface area contributed by atoms with Gasteiger partial charge in [-0.05, 0) is 12.0 Å². The van der Waals surface area contributed by atoms with Crippen molar-refractivity contribution in [3.8, 4) is 0 Å². The molecule has 0 spiro atoms. The van der Waals surface area contributed by atoms with Crippen molar-refractivity contribution in [1.82, 2.24) is 0 Å². The average Bonchev–Trinajstić information content (AvgIpc) is 2.27. The van der Waals surface area contributed by atoms with E-state index in [4.69, 9.17) is 5.73 Å². The number of benzene rings is 1. The zero-order chi connectivity index (χ0) is 12.0. The smallest absolute Gasteiger partial charge is 0.360 e. The zero-order valence-corrected chi connectivity index (χ0v) is 9.01. The predicted molar refractivity (Wildman–Crippen MR) is 54.2 cm³/mol. The highest BCUT2D eigenvalue weighted by atomic mass is 32.2. The molecular formula is C9H10NO5S-. The minimum atomic E-state index is -2.90. The minimum absolute atomic E-state index is 0.245. The molecule has 0 saturated carbocycles. The molecule has 0 saturated heterocycles. The second kappa shape index (κ2) is 6.33. The zero-order valence-electron chi connectivity index (χ0n) is 8.20. The lowest BCUT2D eigenvalue weighted by molar-refractivity contribution is -0.213. The largest absolute Gasteiger partial charge is 0.747 e. The second-order valence-corrected chi connectivity index (χ2v) is 3.52. The van der Waals surface area contributed by atoms with Crippen molar-refractivity contribution in [2.45, 2.75) is 12.5 Å². The molecule has 2 N–H and O–H groups in total. The van der Waals surface area contributed by atoms with Crippen LogP contribution in [0.2, 0.25) is 0 Å². The van der Waals surface area contributed by atoms with Gasteiger partial charge < -0.3 is 10.3 Å². The number of hydrogen-bond donors (Lipinski definition) is 1. The maximum absolute atomic E-state index is 11.1. The molecule has 1 rings (SSSR count). The Morgan fingerprint density at radius 2 is 2.06 bits per heavy atom. The standard InChI is InChI=1S/C9H11NO5S/c10-8(9(11)14-15-16(12)13)6-7-4-2-1-3-5-7/h1-5,8H,6,10H2,(H,12,13)/p-1. The molecule has 0 aliphatic heterocycles. The van der Waals surface area contributed by atoms with Crippen LogP contribution in [-0.2, 0) is 31.8 Å². The van der Waals surface area contributed by atoms with E-state index in [1.165, 1.54) is 0 Å². The lowest BCUT2D eigenvalue weighted by atomic mass is 10.1. The average molecular weight is 244 g/mol. The van der Waals surface area contributed by atoms with Gasteiger partial charge in [-0.3, -0.25) is 4.89 Å². The van der Waals surface area contributed by atoms with Crippen molar-refractivity contribution in [1.29, 1.82) is 0 Å². The Hall–Kier alpha value is -1.28. The fourth-order valence-electron chi connectivity index (χ4n) is 1.07. The third-order valence-electron chi connectivity index (χ3n) is 1.77. The monoisotopic (exact) mass is 244 g/mol. The molecule has 2 atom stereocenters. The van der Waals surface area contributed by atoms with Gasteiger partial charge in [0.05, 0.1) is 0 Å². The Kier molecular flexibility index (Phi) is 5.06. The lowest BCUT2D eigenvalue weighted by Crippen LogP contribution is -2.34. The van der Waals surface area contributed by atoms with Crippen LogP contribution in [0.15, 0.2) is 30.3 Å². The molecule has 0 bridgehead atoms. The van der Waals surface area contributed by atoms with E-state index in [0.717, 1.165) is 5.56 Å². The Bertz CT molecular complexity index is 369. The molecule has 1 aromatic rings. The first-order chi connectivity index (χ1) is 7.59. The topological polar surface area (TPSA) is 102 Å². The number of carbonyl (C=O) groups is 1. The van der Waals surface area contributed by atoms with E-state index in [1.54, 1.807) is 24.3 Å². The van der Waals surface area contributed by atoms with Crippen LogP contribution in [0, 0.1) is 0 Å². The summed E-state index contributed by atoms with van der Waals surface area (Å²) >= 11 is -2.90. The van der Waals surface area contributed by atoms with Gasteiger partial charge >= 0.3 is 5.97 Å². The Balaban J connectivity index is 2.43. The third kappa shape index (κ3) is 4.49. The molecule has 1 aromatic carbocycles. The summed E-state index contributed by atoms with van der Waals surface area (Å²) in [5.41, 5.74) is 6.32. The lowest BCUT2D eigenvalue weighted by Gasteiger charge is -2.10. The first-order valence-electron chi connectivity index (χ1n) is 4.37. The summed E-state index contributed by atoms with van der Waals surface area (Å²) < 4.78 is 23.5. The highest BCUT2D eigenvalue weighted by Crippen LogP contribution is 2.03. The van der Waals surface area contributed by atoms with Gasteiger partial charge in [-0.2, -0.15) is 0 Å². The predicted octanol–water partition coefficient (Wildman–Crippen LogP) is -0.175. The van der Waals surface area contributed by atoms with Crippen LogP contribution in [0.3, 0.4) is 0 Å². The van der Waals surface area contributed by atoms with Gasteiger partial charge in [-0.15, -0.1) is 0 Å². The van der Waals surface area contributed by atoms with Gasteiger partial charge in [0.15, 0.2) is 0 Å². The highest BCUT2D eigenvalue weighted by molar-refractivity contribution is 7.73. The van der Waals surface area contributed by atoms with Crippen LogP contribution in [0.5, 0.6) is 0 Å². The molecule has 6 nitrogen and oxygen atoms in total. The second-order valence-electron chi connectivity index (χ2n) is 2.97. The highest BCUT2D eigenvalue weighted by Gasteiger charge is 2.16.